The number of hydrogen-bond acceptors (Lipinski definition) is 3. The van der Waals surface area contributed by atoms with Crippen LogP contribution in [0.4, 0.5) is 14.5 Å². The van der Waals surface area contributed by atoms with Crippen LogP contribution in [0.5, 0.6) is 0 Å². The highest BCUT2D eigenvalue weighted by Gasteiger charge is 2.24. The Morgan fingerprint density at radius 2 is 1.79 bits per heavy atom. The molecule has 1 heterocycles. The Morgan fingerprint density at radius 3 is 2.43 bits per heavy atom. The molecule has 1 unspecified atom stereocenters. The summed E-state index contributed by atoms with van der Waals surface area (Å²) in [6.07, 6.45) is 0. The summed E-state index contributed by atoms with van der Waals surface area (Å²) < 4.78 is 26.6. The van der Waals surface area contributed by atoms with Crippen LogP contribution in [-0.2, 0) is 4.79 Å². The van der Waals surface area contributed by atoms with Gasteiger partial charge in [0.2, 0.25) is 5.91 Å². The number of hydrogen-bond donors (Lipinski definition) is 0. The Bertz CT molecular complexity index is 834. The third-order valence-electron chi connectivity index (χ3n) is 5.47. The molecule has 0 aliphatic carbocycles. The van der Waals surface area contributed by atoms with E-state index >= 15 is 0 Å². The van der Waals surface area contributed by atoms with Crippen molar-refractivity contribution in [2.24, 2.45) is 0 Å². The van der Waals surface area contributed by atoms with Gasteiger partial charge < -0.3 is 9.80 Å². The van der Waals surface area contributed by atoms with Gasteiger partial charge in [-0.2, -0.15) is 0 Å². The van der Waals surface area contributed by atoms with Gasteiger partial charge in [-0.15, -0.1) is 0 Å². The van der Waals surface area contributed by atoms with Crippen molar-refractivity contribution in [2.45, 2.75) is 19.9 Å². The van der Waals surface area contributed by atoms with Crippen molar-refractivity contribution < 1.29 is 13.6 Å². The predicted molar refractivity (Wildman–Crippen MR) is 107 cm³/mol. The summed E-state index contributed by atoms with van der Waals surface area (Å²) in [6.45, 7) is 7.17. The average Bonchev–Trinajstić information content (AvgIpc) is 2.69. The number of likely N-dealkylation sites (N-methyl/N-ethyl adjacent to an activating group) is 1. The van der Waals surface area contributed by atoms with Gasteiger partial charge in [-0.3, -0.25) is 9.69 Å². The molecule has 0 bridgehead atoms. The van der Waals surface area contributed by atoms with Gasteiger partial charge in [0.25, 0.3) is 0 Å². The summed E-state index contributed by atoms with van der Waals surface area (Å²) >= 11 is 0. The maximum Gasteiger partial charge on any atom is 0.236 e. The zero-order chi connectivity index (χ0) is 20.3. The Kier molecular flexibility index (Phi) is 6.29. The van der Waals surface area contributed by atoms with E-state index < -0.39 is 11.6 Å². The van der Waals surface area contributed by atoms with Crippen molar-refractivity contribution in [3.63, 3.8) is 0 Å². The second-order valence-corrected chi connectivity index (χ2v) is 7.47. The van der Waals surface area contributed by atoms with Crippen LogP contribution in [0.25, 0.3) is 0 Å². The maximum absolute atomic E-state index is 13.5. The topological polar surface area (TPSA) is 26.8 Å². The van der Waals surface area contributed by atoms with Gasteiger partial charge in [0.05, 0.1) is 6.54 Å². The van der Waals surface area contributed by atoms with E-state index in [1.54, 1.807) is 6.07 Å². The van der Waals surface area contributed by atoms with E-state index in [0.717, 1.165) is 19.2 Å². The molecule has 150 valence electrons. The van der Waals surface area contributed by atoms with Gasteiger partial charge in [0, 0.05) is 37.9 Å². The fraction of sp³-hybridized carbons (Fsp3) is 0.409. The molecule has 2 aromatic carbocycles. The van der Waals surface area contributed by atoms with E-state index in [0.29, 0.717) is 18.7 Å². The van der Waals surface area contributed by atoms with Crippen LogP contribution < -0.4 is 4.90 Å². The van der Waals surface area contributed by atoms with E-state index in [2.05, 4.69) is 36.1 Å². The Labute approximate surface area is 165 Å². The summed E-state index contributed by atoms with van der Waals surface area (Å²) in [7, 11) is 1.83. The molecule has 0 saturated carbocycles. The summed E-state index contributed by atoms with van der Waals surface area (Å²) in [5.74, 6) is -1.67. The maximum atomic E-state index is 13.5. The number of rotatable bonds is 5. The van der Waals surface area contributed by atoms with Crippen LogP contribution in [-0.4, -0.2) is 55.5 Å². The lowest BCUT2D eigenvalue weighted by Gasteiger charge is -2.37. The van der Waals surface area contributed by atoms with Crippen molar-refractivity contribution in [3.05, 3.63) is 65.2 Å². The fourth-order valence-corrected chi connectivity index (χ4v) is 3.52. The van der Waals surface area contributed by atoms with Gasteiger partial charge >= 0.3 is 0 Å². The molecule has 1 aliphatic heterocycles. The van der Waals surface area contributed by atoms with Gasteiger partial charge in [0.15, 0.2) is 11.6 Å². The fourth-order valence-electron chi connectivity index (χ4n) is 3.52. The second kappa shape index (κ2) is 8.69. The minimum atomic E-state index is -0.864. The lowest BCUT2D eigenvalue weighted by Crippen LogP contribution is -2.51. The van der Waals surface area contributed by atoms with Gasteiger partial charge in [-0.05, 0) is 56.3 Å². The molecule has 28 heavy (non-hydrogen) atoms. The summed E-state index contributed by atoms with van der Waals surface area (Å²) in [5.41, 5.74) is 3.07. The molecule has 0 radical (unpaired) electrons. The number of carbonyl (C=O) groups is 1. The molecular weight excluding hydrogens is 360 g/mol. The molecular formula is C22H27F2N3O. The van der Waals surface area contributed by atoms with Crippen molar-refractivity contribution in [2.75, 3.05) is 44.7 Å². The molecule has 0 aromatic heterocycles. The van der Waals surface area contributed by atoms with E-state index in [-0.39, 0.29) is 18.5 Å². The smallest absolute Gasteiger partial charge is 0.236 e. The number of carbonyl (C=O) groups excluding carboxylic acids is 1. The number of aryl methyl sites for hydroxylation is 1. The van der Waals surface area contributed by atoms with Crippen molar-refractivity contribution in [1.29, 1.82) is 0 Å². The molecule has 1 aliphatic rings. The SMILES string of the molecule is Cc1cccc(N2CCN(C(=O)CN(C)C(C)c3ccc(F)c(F)c3)CC2)c1. The van der Waals surface area contributed by atoms with Crippen LogP contribution in [0, 0.1) is 18.6 Å². The molecule has 3 rings (SSSR count). The number of anilines is 1. The molecule has 1 atom stereocenters. The Morgan fingerprint density at radius 1 is 1.07 bits per heavy atom. The highest BCUT2D eigenvalue weighted by Crippen LogP contribution is 2.22. The first-order valence-corrected chi connectivity index (χ1v) is 9.59. The third-order valence-corrected chi connectivity index (χ3v) is 5.47. The Hall–Kier alpha value is -2.47. The van der Waals surface area contributed by atoms with Crippen LogP contribution in [0.1, 0.15) is 24.1 Å². The van der Waals surface area contributed by atoms with Crippen molar-refractivity contribution in [1.82, 2.24) is 9.80 Å². The largest absolute Gasteiger partial charge is 0.368 e. The monoisotopic (exact) mass is 387 g/mol. The molecule has 1 fully saturated rings. The van der Waals surface area contributed by atoms with E-state index in [1.165, 1.54) is 17.3 Å². The first-order chi connectivity index (χ1) is 13.3. The first-order valence-electron chi connectivity index (χ1n) is 9.59. The van der Waals surface area contributed by atoms with Crippen LogP contribution in [0.15, 0.2) is 42.5 Å². The van der Waals surface area contributed by atoms with Gasteiger partial charge in [-0.25, -0.2) is 8.78 Å². The standard InChI is InChI=1S/C22H27F2N3O/c1-16-5-4-6-19(13-16)26-9-11-27(12-10-26)22(28)15-25(3)17(2)18-7-8-20(23)21(24)14-18/h4-8,13-14,17H,9-12,15H2,1-3H3. The van der Waals surface area contributed by atoms with Crippen LogP contribution >= 0.6 is 0 Å². The molecule has 1 saturated heterocycles. The quantitative estimate of drug-likeness (QED) is 0.784. The second-order valence-electron chi connectivity index (χ2n) is 7.47. The highest BCUT2D eigenvalue weighted by atomic mass is 19.2. The zero-order valence-corrected chi connectivity index (χ0v) is 16.7. The van der Waals surface area contributed by atoms with E-state index in [1.807, 2.05) is 23.8 Å². The van der Waals surface area contributed by atoms with E-state index in [9.17, 15) is 13.6 Å². The summed E-state index contributed by atoms with van der Waals surface area (Å²) in [6, 6.07) is 12.1. The van der Waals surface area contributed by atoms with Crippen LogP contribution in [0.3, 0.4) is 0 Å². The molecule has 2 aromatic rings. The number of halogens is 2. The van der Waals surface area contributed by atoms with E-state index in [4.69, 9.17) is 0 Å². The molecule has 1 amide bonds. The number of piperazine rings is 1. The van der Waals surface area contributed by atoms with Gasteiger partial charge in [-0.1, -0.05) is 18.2 Å². The Balaban J connectivity index is 1.54. The number of benzene rings is 2. The normalized spacial score (nSPS) is 15.8. The lowest BCUT2D eigenvalue weighted by atomic mass is 10.1. The molecule has 0 spiro atoms. The lowest BCUT2D eigenvalue weighted by molar-refractivity contribution is -0.132. The highest BCUT2D eigenvalue weighted by molar-refractivity contribution is 5.78. The molecule has 4 nitrogen and oxygen atoms in total. The minimum Gasteiger partial charge on any atom is -0.368 e. The molecule has 0 N–H and O–H groups in total. The molecule has 6 heteroatoms. The average molecular weight is 387 g/mol. The minimum absolute atomic E-state index is 0.0563. The van der Waals surface area contributed by atoms with Gasteiger partial charge in [0.1, 0.15) is 0 Å². The van der Waals surface area contributed by atoms with Crippen molar-refractivity contribution >= 4 is 11.6 Å². The summed E-state index contributed by atoms with van der Waals surface area (Å²) in [5, 5.41) is 0. The summed E-state index contributed by atoms with van der Waals surface area (Å²) in [4.78, 5) is 18.7. The number of amides is 1. The first kappa shape index (κ1) is 20.3. The number of nitrogens with zero attached hydrogens (tertiary/aromatic N) is 3. The van der Waals surface area contributed by atoms with Crippen LogP contribution in [0.2, 0.25) is 0 Å². The predicted octanol–water partition coefficient (Wildman–Crippen LogP) is 3.61. The third kappa shape index (κ3) is 4.68. The van der Waals surface area contributed by atoms with Crippen molar-refractivity contribution in [3.8, 4) is 0 Å². The zero-order valence-electron chi connectivity index (χ0n) is 16.7.